The zero-order valence-electron chi connectivity index (χ0n) is 15.4. The summed E-state index contributed by atoms with van der Waals surface area (Å²) < 4.78 is 31.6. The van der Waals surface area contributed by atoms with E-state index in [1.807, 2.05) is 36.4 Å². The first-order chi connectivity index (χ1) is 14.0. The van der Waals surface area contributed by atoms with E-state index >= 15 is 0 Å². The van der Waals surface area contributed by atoms with E-state index in [2.05, 4.69) is 10.6 Å². The van der Waals surface area contributed by atoms with Crippen molar-refractivity contribution >= 4 is 17.5 Å². The molecule has 0 aliphatic rings. The summed E-state index contributed by atoms with van der Waals surface area (Å²) in [5.41, 5.74) is 1.09. The third kappa shape index (κ3) is 5.73. The van der Waals surface area contributed by atoms with Gasteiger partial charge >= 0.3 is 0 Å². The minimum absolute atomic E-state index is 0.0682. The molecule has 3 aromatic rings. The number of hydrogen-bond donors (Lipinski definition) is 3. The standard InChI is InChI=1S/C21H19F2N3O3/c22-16-9-8-15(11-17(16)23)26-20(28)13-24-19(27)12-25-21(18-7-4-10-29-18)14-5-2-1-3-6-14/h1-11,21,25H,12-13H2,(H,24,27)(H,26,28)/p+1/t21-/m0/s1. The summed E-state index contributed by atoms with van der Waals surface area (Å²) >= 11 is 0. The van der Waals surface area contributed by atoms with Crippen LogP contribution in [-0.2, 0) is 9.59 Å². The van der Waals surface area contributed by atoms with Gasteiger partial charge in [0, 0.05) is 17.3 Å². The second-order valence-electron chi connectivity index (χ2n) is 6.30. The van der Waals surface area contributed by atoms with Gasteiger partial charge < -0.3 is 20.4 Å². The summed E-state index contributed by atoms with van der Waals surface area (Å²) in [5.74, 6) is -2.25. The van der Waals surface area contributed by atoms with E-state index in [-0.39, 0.29) is 30.7 Å². The lowest BCUT2D eigenvalue weighted by atomic mass is 10.0. The van der Waals surface area contributed by atoms with Crippen LogP contribution in [0.5, 0.6) is 0 Å². The van der Waals surface area contributed by atoms with Gasteiger partial charge in [-0.25, -0.2) is 8.78 Å². The number of furan rings is 1. The van der Waals surface area contributed by atoms with Crippen LogP contribution in [0.3, 0.4) is 0 Å². The van der Waals surface area contributed by atoms with Crippen molar-refractivity contribution in [3.8, 4) is 0 Å². The molecule has 0 radical (unpaired) electrons. The normalized spacial score (nSPS) is 11.7. The Balaban J connectivity index is 1.50. The van der Waals surface area contributed by atoms with Gasteiger partial charge in [-0.2, -0.15) is 0 Å². The Labute approximate surface area is 165 Å². The van der Waals surface area contributed by atoms with Crippen LogP contribution in [0.4, 0.5) is 14.5 Å². The van der Waals surface area contributed by atoms with Gasteiger partial charge in [0.2, 0.25) is 5.91 Å². The van der Waals surface area contributed by atoms with Gasteiger partial charge in [0.05, 0.1) is 12.8 Å². The van der Waals surface area contributed by atoms with Crippen molar-refractivity contribution in [1.29, 1.82) is 0 Å². The van der Waals surface area contributed by atoms with Gasteiger partial charge in [0.1, 0.15) is 0 Å². The number of quaternary nitrogens is 1. The molecule has 0 saturated heterocycles. The summed E-state index contributed by atoms with van der Waals surface area (Å²) in [6.07, 6.45) is 1.57. The van der Waals surface area contributed by atoms with Gasteiger partial charge in [-0.05, 0) is 24.3 Å². The quantitative estimate of drug-likeness (QED) is 0.540. The maximum absolute atomic E-state index is 13.2. The van der Waals surface area contributed by atoms with Crippen LogP contribution in [0.1, 0.15) is 17.4 Å². The fraction of sp³-hybridized carbons (Fsp3) is 0.143. The number of carbonyl (C=O) groups excluding carboxylic acids is 2. The van der Waals surface area contributed by atoms with Crippen molar-refractivity contribution in [2.75, 3.05) is 18.4 Å². The lowest BCUT2D eigenvalue weighted by Crippen LogP contribution is -2.87. The average molecular weight is 400 g/mol. The molecule has 150 valence electrons. The van der Waals surface area contributed by atoms with Crippen LogP contribution < -0.4 is 16.0 Å². The van der Waals surface area contributed by atoms with E-state index in [4.69, 9.17) is 4.42 Å². The number of nitrogens with two attached hydrogens (primary N) is 1. The SMILES string of the molecule is O=C(C[NH2+][C@@H](c1ccccc1)c1ccco1)NCC(=O)Nc1ccc(F)c(F)c1. The Morgan fingerprint density at radius 1 is 0.966 bits per heavy atom. The van der Waals surface area contributed by atoms with Crippen LogP contribution in [-0.4, -0.2) is 24.9 Å². The summed E-state index contributed by atoms with van der Waals surface area (Å²) in [6, 6.07) is 16.0. The van der Waals surface area contributed by atoms with Crippen LogP contribution in [0, 0.1) is 11.6 Å². The fourth-order valence-corrected chi connectivity index (χ4v) is 2.80. The number of halogens is 2. The van der Waals surface area contributed by atoms with Crippen molar-refractivity contribution < 1.29 is 28.1 Å². The number of benzene rings is 2. The first-order valence-electron chi connectivity index (χ1n) is 8.96. The molecule has 0 saturated carbocycles. The van der Waals surface area contributed by atoms with Crippen molar-refractivity contribution in [3.05, 3.63) is 89.9 Å². The highest BCUT2D eigenvalue weighted by atomic mass is 19.2. The molecule has 6 nitrogen and oxygen atoms in total. The molecule has 0 spiro atoms. The van der Waals surface area contributed by atoms with E-state index < -0.39 is 17.5 Å². The highest BCUT2D eigenvalue weighted by Crippen LogP contribution is 2.18. The zero-order chi connectivity index (χ0) is 20.6. The van der Waals surface area contributed by atoms with Crippen molar-refractivity contribution in [2.24, 2.45) is 0 Å². The smallest absolute Gasteiger partial charge is 0.275 e. The number of rotatable bonds is 8. The predicted octanol–water partition coefficient (Wildman–Crippen LogP) is 1.97. The molecular formula is C21H20F2N3O3+. The molecule has 0 aliphatic heterocycles. The van der Waals surface area contributed by atoms with Crippen LogP contribution in [0.25, 0.3) is 0 Å². The number of hydrogen-bond acceptors (Lipinski definition) is 3. The third-order valence-electron chi connectivity index (χ3n) is 4.20. The second kappa shape index (κ2) is 9.61. The number of anilines is 1. The molecule has 1 heterocycles. The van der Waals surface area contributed by atoms with E-state index in [1.54, 1.807) is 17.6 Å². The molecule has 8 heteroatoms. The molecule has 0 fully saturated rings. The second-order valence-corrected chi connectivity index (χ2v) is 6.30. The topological polar surface area (TPSA) is 88.0 Å². The average Bonchev–Trinajstić information content (AvgIpc) is 3.25. The predicted molar refractivity (Wildman–Crippen MR) is 102 cm³/mol. The van der Waals surface area contributed by atoms with E-state index in [0.717, 1.165) is 17.7 Å². The highest BCUT2D eigenvalue weighted by Gasteiger charge is 2.21. The summed E-state index contributed by atoms with van der Waals surface area (Å²) in [6.45, 7) is -0.221. The first-order valence-corrected chi connectivity index (χ1v) is 8.96. The van der Waals surface area contributed by atoms with Gasteiger partial charge in [-0.1, -0.05) is 30.3 Å². The summed E-state index contributed by atoms with van der Waals surface area (Å²) in [4.78, 5) is 24.0. The molecule has 1 atom stereocenters. The molecule has 2 aromatic carbocycles. The lowest BCUT2D eigenvalue weighted by Gasteiger charge is -2.14. The van der Waals surface area contributed by atoms with Crippen molar-refractivity contribution in [3.63, 3.8) is 0 Å². The van der Waals surface area contributed by atoms with Gasteiger partial charge in [-0.15, -0.1) is 0 Å². The molecule has 0 aliphatic carbocycles. The number of carbonyl (C=O) groups is 2. The Kier molecular flexibility index (Phi) is 6.70. The highest BCUT2D eigenvalue weighted by molar-refractivity contribution is 5.94. The Morgan fingerprint density at radius 3 is 2.45 bits per heavy atom. The minimum atomic E-state index is -1.06. The van der Waals surface area contributed by atoms with Gasteiger partial charge in [0.15, 0.2) is 30.0 Å². The molecule has 4 N–H and O–H groups in total. The minimum Gasteiger partial charge on any atom is -0.463 e. The molecule has 0 bridgehead atoms. The molecule has 2 amide bonds. The van der Waals surface area contributed by atoms with E-state index in [1.165, 1.54) is 6.07 Å². The number of amides is 2. The third-order valence-corrected chi connectivity index (χ3v) is 4.20. The largest absolute Gasteiger partial charge is 0.463 e. The summed E-state index contributed by atoms with van der Waals surface area (Å²) in [7, 11) is 0. The molecule has 0 unspecified atom stereocenters. The van der Waals surface area contributed by atoms with E-state index in [9.17, 15) is 18.4 Å². The molecule has 29 heavy (non-hydrogen) atoms. The van der Waals surface area contributed by atoms with Crippen molar-refractivity contribution in [2.45, 2.75) is 6.04 Å². The van der Waals surface area contributed by atoms with Crippen molar-refractivity contribution in [1.82, 2.24) is 5.32 Å². The molecule has 3 rings (SSSR count). The Morgan fingerprint density at radius 2 is 1.76 bits per heavy atom. The monoisotopic (exact) mass is 400 g/mol. The van der Waals surface area contributed by atoms with Gasteiger partial charge in [0.25, 0.3) is 5.91 Å². The maximum Gasteiger partial charge on any atom is 0.275 e. The van der Waals surface area contributed by atoms with Crippen LogP contribution >= 0.6 is 0 Å². The Hall–Kier alpha value is -3.52. The molecule has 1 aromatic heterocycles. The lowest BCUT2D eigenvalue weighted by molar-refractivity contribution is -0.678. The van der Waals surface area contributed by atoms with Gasteiger partial charge in [-0.3, -0.25) is 9.59 Å². The fourth-order valence-electron chi connectivity index (χ4n) is 2.80. The Bertz CT molecular complexity index is 963. The van der Waals surface area contributed by atoms with Crippen LogP contribution in [0.2, 0.25) is 0 Å². The number of nitrogens with one attached hydrogen (secondary N) is 2. The van der Waals surface area contributed by atoms with E-state index in [0.29, 0.717) is 5.76 Å². The zero-order valence-corrected chi connectivity index (χ0v) is 15.4. The first kappa shape index (κ1) is 20.2. The van der Waals surface area contributed by atoms with Crippen LogP contribution in [0.15, 0.2) is 71.3 Å². The maximum atomic E-state index is 13.2. The summed E-state index contributed by atoms with van der Waals surface area (Å²) in [5, 5.41) is 6.70. The molecular weight excluding hydrogens is 380 g/mol.